The summed E-state index contributed by atoms with van der Waals surface area (Å²) >= 11 is 0. The van der Waals surface area contributed by atoms with Gasteiger partial charge in [0, 0.05) is 0 Å². The van der Waals surface area contributed by atoms with Crippen molar-refractivity contribution in [2.45, 2.75) is 32.9 Å². The summed E-state index contributed by atoms with van der Waals surface area (Å²) < 4.78 is 37.2. The topological polar surface area (TPSA) is 0 Å². The van der Waals surface area contributed by atoms with Crippen LogP contribution in [-0.2, 0) is 6.18 Å². The van der Waals surface area contributed by atoms with Crippen LogP contribution in [0.15, 0.2) is 12.1 Å². The Labute approximate surface area is 121 Å². The Balaban J connectivity index is 0. The number of halogens is 4. The maximum Gasteiger partial charge on any atom is 2.00 e. The first-order chi connectivity index (χ1) is 6.30. The fourth-order valence-electron chi connectivity index (χ4n) is 1.22. The van der Waals surface area contributed by atoms with E-state index in [0.717, 1.165) is 12.1 Å². The van der Waals surface area contributed by atoms with Crippen LogP contribution in [0.3, 0.4) is 0 Å². The van der Waals surface area contributed by atoms with Crippen LogP contribution in [0, 0.1) is 13.0 Å². The van der Waals surface area contributed by atoms with Gasteiger partial charge in [-0.15, -0.1) is 0 Å². The molecule has 0 aliphatic heterocycles. The molecule has 1 aromatic carbocycles. The Morgan fingerprint density at radius 3 is 2.06 bits per heavy atom. The minimum absolute atomic E-state index is 0. The van der Waals surface area contributed by atoms with Crippen molar-refractivity contribution in [3.63, 3.8) is 0 Å². The van der Waals surface area contributed by atoms with Gasteiger partial charge in [-0.1, -0.05) is 26.3 Å². The van der Waals surface area contributed by atoms with Crippen molar-refractivity contribution in [3.8, 4) is 0 Å². The summed E-state index contributed by atoms with van der Waals surface area (Å²) in [5.41, 5.74) is 0.554. The minimum Gasteiger partial charge on any atom is -1.00 e. The second-order valence-corrected chi connectivity index (χ2v) is 3.66. The Hall–Kier alpha value is 0.256. The van der Waals surface area contributed by atoms with Gasteiger partial charge in [0.25, 0.3) is 0 Å². The van der Waals surface area contributed by atoms with Crippen LogP contribution in [0.5, 0.6) is 0 Å². The first kappa shape index (κ1) is 18.6. The van der Waals surface area contributed by atoms with Crippen molar-refractivity contribution < 1.29 is 30.2 Å². The summed E-state index contributed by atoms with van der Waals surface area (Å²) in [6, 6.07) is 5.20. The first-order valence-corrected chi connectivity index (χ1v) is 4.42. The number of rotatable bonds is 1. The van der Waals surface area contributed by atoms with Gasteiger partial charge in [0.1, 0.15) is 0 Å². The zero-order valence-electron chi connectivity index (χ0n) is 9.45. The third kappa shape index (κ3) is 5.06. The molecule has 0 amide bonds. The molecule has 0 nitrogen and oxygen atoms in total. The average Bonchev–Trinajstić information content (AvgIpc) is 2.01. The summed E-state index contributed by atoms with van der Waals surface area (Å²) in [5.74, 6) is 0.0657. The Bertz CT molecular complexity index is 334. The smallest absolute Gasteiger partial charge is 1.00 e. The molecule has 1 aromatic rings. The van der Waals surface area contributed by atoms with E-state index in [0.29, 0.717) is 11.1 Å². The second kappa shape index (κ2) is 6.86. The SMILES string of the molecule is Cc1[c-]c(C(C)C)cc(C(F)(F)F)c1.[Br-].[Mg+2]. The number of hydrogen-bond donors (Lipinski definition) is 0. The van der Waals surface area contributed by atoms with Crippen LogP contribution in [0.1, 0.15) is 36.5 Å². The van der Waals surface area contributed by atoms with Crippen molar-refractivity contribution in [1.82, 2.24) is 0 Å². The third-order valence-corrected chi connectivity index (χ3v) is 1.97. The molecule has 0 atom stereocenters. The van der Waals surface area contributed by atoms with Crippen molar-refractivity contribution in [2.75, 3.05) is 0 Å². The second-order valence-electron chi connectivity index (χ2n) is 3.66. The third-order valence-electron chi connectivity index (χ3n) is 1.97. The van der Waals surface area contributed by atoms with E-state index in [9.17, 15) is 13.2 Å². The number of hydrogen-bond acceptors (Lipinski definition) is 0. The van der Waals surface area contributed by atoms with E-state index < -0.39 is 11.7 Å². The van der Waals surface area contributed by atoms with E-state index in [1.54, 1.807) is 6.92 Å². The van der Waals surface area contributed by atoms with Crippen molar-refractivity contribution in [2.24, 2.45) is 0 Å². The molecule has 0 bridgehead atoms. The Morgan fingerprint density at radius 2 is 1.69 bits per heavy atom. The van der Waals surface area contributed by atoms with Gasteiger partial charge in [-0.25, -0.2) is 0 Å². The molecule has 0 saturated carbocycles. The Morgan fingerprint density at radius 1 is 1.19 bits per heavy atom. The van der Waals surface area contributed by atoms with Crippen LogP contribution in [-0.4, -0.2) is 23.1 Å². The molecule has 1 rings (SSSR count). The van der Waals surface area contributed by atoms with Gasteiger partial charge in [0.05, 0.1) is 0 Å². The van der Waals surface area contributed by atoms with Crippen molar-refractivity contribution >= 4 is 23.1 Å². The predicted molar refractivity (Wildman–Crippen MR) is 54.9 cm³/mol. The van der Waals surface area contributed by atoms with Gasteiger partial charge in [-0.3, -0.25) is 0 Å². The van der Waals surface area contributed by atoms with E-state index in [-0.39, 0.29) is 46.0 Å². The van der Waals surface area contributed by atoms with E-state index in [1.807, 2.05) is 13.8 Å². The molecule has 5 heteroatoms. The number of alkyl halides is 3. The first-order valence-electron chi connectivity index (χ1n) is 4.42. The molecule has 0 fully saturated rings. The minimum atomic E-state index is -4.26. The molecule has 0 unspecified atom stereocenters. The van der Waals surface area contributed by atoms with Crippen LogP contribution in [0.2, 0.25) is 0 Å². The van der Waals surface area contributed by atoms with Crippen LogP contribution >= 0.6 is 0 Å². The summed E-state index contributed by atoms with van der Waals surface area (Å²) in [6.07, 6.45) is -4.26. The molecular formula is C11H12BrF3Mg. The number of benzene rings is 1. The summed E-state index contributed by atoms with van der Waals surface area (Å²) in [6.45, 7) is 5.33. The molecule has 0 N–H and O–H groups in total. The van der Waals surface area contributed by atoms with Gasteiger partial charge < -0.3 is 17.0 Å². The molecule has 0 spiro atoms. The van der Waals surface area contributed by atoms with Gasteiger partial charge in [0.15, 0.2) is 0 Å². The van der Waals surface area contributed by atoms with Crippen LogP contribution in [0.25, 0.3) is 0 Å². The zero-order chi connectivity index (χ0) is 10.9. The predicted octanol–water partition coefficient (Wildman–Crippen LogP) is 0.561. The van der Waals surface area contributed by atoms with E-state index >= 15 is 0 Å². The maximum atomic E-state index is 12.4. The maximum absolute atomic E-state index is 12.4. The summed E-state index contributed by atoms with van der Waals surface area (Å²) in [5, 5.41) is 0. The molecular weight excluding hydrogens is 293 g/mol. The van der Waals surface area contributed by atoms with Crippen LogP contribution < -0.4 is 17.0 Å². The molecule has 86 valence electrons. The van der Waals surface area contributed by atoms with Crippen molar-refractivity contribution in [3.05, 3.63) is 34.9 Å². The standard InChI is InChI=1S/C11H12F3.BrH.Mg/c1-7(2)9-4-8(3)5-10(6-9)11(12,13)14;;/h5-7H,1-3H3;1H;/q-1;;+2/p-1. The fraction of sp³-hybridized carbons (Fsp3) is 0.455. The molecule has 0 radical (unpaired) electrons. The van der Waals surface area contributed by atoms with Gasteiger partial charge in [-0.05, 0) is 5.92 Å². The summed E-state index contributed by atoms with van der Waals surface area (Å²) in [7, 11) is 0. The quantitative estimate of drug-likeness (QED) is 0.525. The van der Waals surface area contributed by atoms with E-state index in [1.165, 1.54) is 0 Å². The van der Waals surface area contributed by atoms with Crippen molar-refractivity contribution in [1.29, 1.82) is 0 Å². The monoisotopic (exact) mass is 304 g/mol. The molecule has 0 aliphatic carbocycles. The fourth-order valence-corrected chi connectivity index (χ4v) is 1.22. The van der Waals surface area contributed by atoms with Crippen LogP contribution in [0.4, 0.5) is 13.2 Å². The van der Waals surface area contributed by atoms with E-state index in [2.05, 4.69) is 6.07 Å². The van der Waals surface area contributed by atoms with Gasteiger partial charge in [-0.2, -0.15) is 42.5 Å². The molecule has 0 aromatic heterocycles. The average molecular weight is 305 g/mol. The normalized spacial score (nSPS) is 10.7. The zero-order valence-corrected chi connectivity index (χ0v) is 12.5. The van der Waals surface area contributed by atoms with Gasteiger partial charge in [0.2, 0.25) is 0 Å². The molecule has 0 heterocycles. The molecule has 16 heavy (non-hydrogen) atoms. The Kier molecular flexibility index (Phi) is 7.98. The van der Waals surface area contributed by atoms with E-state index in [4.69, 9.17) is 0 Å². The molecule has 0 saturated heterocycles. The summed E-state index contributed by atoms with van der Waals surface area (Å²) in [4.78, 5) is 0. The molecule has 0 aliphatic rings. The number of aryl methyl sites for hydroxylation is 1. The largest absolute Gasteiger partial charge is 2.00 e. The van der Waals surface area contributed by atoms with Gasteiger partial charge >= 0.3 is 29.2 Å².